The fourth-order valence-electron chi connectivity index (χ4n) is 2.81. The highest BCUT2D eigenvalue weighted by molar-refractivity contribution is 5.82. The highest BCUT2D eigenvalue weighted by atomic mass is 16.4. The fraction of sp³-hybridized carbons (Fsp3) is 0.562. The molecule has 2 rings (SSSR count). The lowest BCUT2D eigenvalue weighted by molar-refractivity contribution is -0.142. The summed E-state index contributed by atoms with van der Waals surface area (Å²) in [5.41, 5.74) is 1.24. The van der Waals surface area contributed by atoms with Gasteiger partial charge < -0.3 is 15.3 Å². The molecule has 110 valence electrons. The van der Waals surface area contributed by atoms with Crippen LogP contribution in [0, 0.1) is 6.92 Å². The minimum absolute atomic E-state index is 0.643. The number of likely N-dealkylation sites (tertiary alicyclic amines) is 1. The number of aryl methyl sites for hydroxylation is 1. The van der Waals surface area contributed by atoms with Crippen LogP contribution in [0.1, 0.15) is 31.7 Å². The molecule has 1 aromatic carbocycles. The van der Waals surface area contributed by atoms with E-state index in [9.17, 15) is 9.90 Å². The Kier molecular flexibility index (Phi) is 4.65. The fourth-order valence-corrected chi connectivity index (χ4v) is 2.81. The van der Waals surface area contributed by atoms with E-state index in [1.165, 1.54) is 5.56 Å². The van der Waals surface area contributed by atoms with Crippen LogP contribution in [0.2, 0.25) is 0 Å². The number of hydrogen-bond acceptors (Lipinski definition) is 3. The molecule has 4 nitrogen and oxygen atoms in total. The first-order valence-corrected chi connectivity index (χ1v) is 7.36. The molecule has 0 aromatic heterocycles. The van der Waals surface area contributed by atoms with Crippen molar-refractivity contribution in [3.05, 3.63) is 29.8 Å². The molecule has 1 aromatic rings. The normalized spacial score (nSPS) is 24.1. The van der Waals surface area contributed by atoms with Crippen molar-refractivity contribution in [1.29, 1.82) is 0 Å². The molecule has 20 heavy (non-hydrogen) atoms. The van der Waals surface area contributed by atoms with Crippen molar-refractivity contribution in [3.63, 3.8) is 0 Å². The standard InChI is InChI=1S/C16H24N2O2/c1-3-18-11-4-9-16(10-12-18,15(19)20)17-14-7-5-13(2)6-8-14/h5-8,17H,3-4,9-12H2,1-2H3,(H,19,20). The second-order valence-corrected chi connectivity index (χ2v) is 5.67. The van der Waals surface area contributed by atoms with Gasteiger partial charge in [0.2, 0.25) is 0 Å². The zero-order valence-corrected chi connectivity index (χ0v) is 12.4. The molecule has 4 heteroatoms. The molecule has 1 saturated heterocycles. The molecule has 1 fully saturated rings. The molecular formula is C16H24N2O2. The van der Waals surface area contributed by atoms with Gasteiger partial charge in [-0.2, -0.15) is 0 Å². The van der Waals surface area contributed by atoms with E-state index in [1.54, 1.807) is 0 Å². The molecule has 1 aliphatic rings. The number of carboxylic acids is 1. The average molecular weight is 276 g/mol. The summed E-state index contributed by atoms with van der Waals surface area (Å²) in [4.78, 5) is 14.1. The Labute approximate surface area is 120 Å². The van der Waals surface area contributed by atoms with Crippen molar-refractivity contribution in [1.82, 2.24) is 4.90 Å². The van der Waals surface area contributed by atoms with Crippen LogP contribution in [0.25, 0.3) is 0 Å². The molecule has 1 aliphatic heterocycles. The molecule has 0 bridgehead atoms. The van der Waals surface area contributed by atoms with Crippen LogP contribution in [0.3, 0.4) is 0 Å². The van der Waals surface area contributed by atoms with Gasteiger partial charge in [0, 0.05) is 12.2 Å². The quantitative estimate of drug-likeness (QED) is 0.888. The average Bonchev–Trinajstić information content (AvgIpc) is 2.65. The number of nitrogens with one attached hydrogen (secondary N) is 1. The van der Waals surface area contributed by atoms with Crippen molar-refractivity contribution >= 4 is 11.7 Å². The number of carboxylic acid groups (broad SMARTS) is 1. The lowest BCUT2D eigenvalue weighted by Crippen LogP contribution is -2.47. The van der Waals surface area contributed by atoms with Crippen molar-refractivity contribution in [2.45, 2.75) is 38.6 Å². The minimum atomic E-state index is -0.834. The van der Waals surface area contributed by atoms with E-state index in [2.05, 4.69) is 17.1 Å². The van der Waals surface area contributed by atoms with Crippen LogP contribution in [0.4, 0.5) is 5.69 Å². The van der Waals surface area contributed by atoms with E-state index in [4.69, 9.17) is 0 Å². The third-order valence-electron chi connectivity index (χ3n) is 4.22. The van der Waals surface area contributed by atoms with E-state index >= 15 is 0 Å². The van der Waals surface area contributed by atoms with Gasteiger partial charge in [-0.3, -0.25) is 0 Å². The highest BCUT2D eigenvalue weighted by Crippen LogP contribution is 2.27. The van der Waals surface area contributed by atoms with Gasteiger partial charge in [-0.15, -0.1) is 0 Å². The third kappa shape index (κ3) is 3.31. The van der Waals surface area contributed by atoms with Gasteiger partial charge in [-0.1, -0.05) is 24.6 Å². The summed E-state index contributed by atoms with van der Waals surface area (Å²) in [6.45, 7) is 6.96. The molecule has 0 radical (unpaired) electrons. The second kappa shape index (κ2) is 6.27. The van der Waals surface area contributed by atoms with Gasteiger partial charge in [-0.25, -0.2) is 4.79 Å². The molecule has 1 heterocycles. The van der Waals surface area contributed by atoms with Gasteiger partial charge in [0.05, 0.1) is 0 Å². The lowest BCUT2D eigenvalue weighted by Gasteiger charge is -2.30. The molecule has 0 amide bonds. The summed E-state index contributed by atoms with van der Waals surface area (Å²) >= 11 is 0. The maximum absolute atomic E-state index is 11.8. The van der Waals surface area contributed by atoms with Crippen LogP contribution >= 0.6 is 0 Å². The zero-order valence-electron chi connectivity index (χ0n) is 12.4. The number of nitrogens with zero attached hydrogens (tertiary/aromatic N) is 1. The summed E-state index contributed by atoms with van der Waals surface area (Å²) in [7, 11) is 0. The van der Waals surface area contributed by atoms with E-state index in [-0.39, 0.29) is 0 Å². The number of anilines is 1. The highest BCUT2D eigenvalue weighted by Gasteiger charge is 2.39. The molecule has 1 unspecified atom stereocenters. The number of carbonyl (C=O) groups is 1. The van der Waals surface area contributed by atoms with E-state index in [0.29, 0.717) is 12.8 Å². The largest absolute Gasteiger partial charge is 0.480 e. The third-order valence-corrected chi connectivity index (χ3v) is 4.22. The Morgan fingerprint density at radius 2 is 2.00 bits per heavy atom. The number of rotatable bonds is 4. The Bertz CT molecular complexity index is 458. The van der Waals surface area contributed by atoms with Crippen LogP contribution in [-0.4, -0.2) is 41.1 Å². The van der Waals surface area contributed by atoms with Crippen LogP contribution < -0.4 is 5.32 Å². The van der Waals surface area contributed by atoms with Gasteiger partial charge >= 0.3 is 5.97 Å². The van der Waals surface area contributed by atoms with Crippen molar-refractivity contribution < 1.29 is 9.90 Å². The smallest absolute Gasteiger partial charge is 0.329 e. The summed E-state index contributed by atoms with van der Waals surface area (Å²) < 4.78 is 0. The lowest BCUT2D eigenvalue weighted by atomic mass is 9.90. The first-order chi connectivity index (χ1) is 9.55. The minimum Gasteiger partial charge on any atom is -0.480 e. The Morgan fingerprint density at radius 3 is 2.60 bits per heavy atom. The predicted octanol–water partition coefficient (Wildman–Crippen LogP) is 2.74. The first kappa shape index (κ1) is 14.9. The summed E-state index contributed by atoms with van der Waals surface area (Å²) in [5, 5.41) is 13.0. The van der Waals surface area contributed by atoms with E-state index < -0.39 is 11.5 Å². The van der Waals surface area contributed by atoms with Gasteiger partial charge in [-0.05, 0) is 51.4 Å². The number of benzene rings is 1. The number of hydrogen-bond donors (Lipinski definition) is 2. The first-order valence-electron chi connectivity index (χ1n) is 7.36. The second-order valence-electron chi connectivity index (χ2n) is 5.67. The Hall–Kier alpha value is -1.55. The monoisotopic (exact) mass is 276 g/mol. The van der Waals surface area contributed by atoms with Crippen LogP contribution in [0.15, 0.2) is 24.3 Å². The Morgan fingerprint density at radius 1 is 1.30 bits per heavy atom. The molecule has 0 aliphatic carbocycles. The summed E-state index contributed by atoms with van der Waals surface area (Å²) in [6, 6.07) is 7.94. The van der Waals surface area contributed by atoms with Crippen molar-refractivity contribution in [2.75, 3.05) is 25.0 Å². The van der Waals surface area contributed by atoms with Gasteiger partial charge in [0.25, 0.3) is 0 Å². The van der Waals surface area contributed by atoms with Crippen molar-refractivity contribution in [3.8, 4) is 0 Å². The topological polar surface area (TPSA) is 52.6 Å². The van der Waals surface area contributed by atoms with Crippen LogP contribution in [0.5, 0.6) is 0 Å². The summed E-state index contributed by atoms with van der Waals surface area (Å²) in [5.74, 6) is -0.740. The number of aliphatic carboxylic acids is 1. The van der Waals surface area contributed by atoms with Gasteiger partial charge in [0.1, 0.15) is 5.54 Å². The van der Waals surface area contributed by atoms with Crippen molar-refractivity contribution in [2.24, 2.45) is 0 Å². The van der Waals surface area contributed by atoms with E-state index in [1.807, 2.05) is 31.2 Å². The molecule has 1 atom stereocenters. The van der Waals surface area contributed by atoms with E-state index in [0.717, 1.165) is 31.7 Å². The summed E-state index contributed by atoms with van der Waals surface area (Å²) in [6.07, 6.45) is 2.23. The molecule has 2 N–H and O–H groups in total. The maximum Gasteiger partial charge on any atom is 0.329 e. The predicted molar refractivity (Wildman–Crippen MR) is 81.1 cm³/mol. The van der Waals surface area contributed by atoms with Crippen LogP contribution in [-0.2, 0) is 4.79 Å². The zero-order chi connectivity index (χ0) is 14.6. The SMILES string of the molecule is CCN1CCCC(Nc2ccc(C)cc2)(C(=O)O)CC1. The molecular weight excluding hydrogens is 252 g/mol. The molecule has 0 spiro atoms. The van der Waals surface area contributed by atoms with Gasteiger partial charge in [0.15, 0.2) is 0 Å². The maximum atomic E-state index is 11.8. The molecule has 0 saturated carbocycles. The Balaban J connectivity index is 2.17.